The number of likely N-dealkylation sites (N-methyl/N-ethyl adjacent to an activating group) is 1. The minimum absolute atomic E-state index is 0.110. The summed E-state index contributed by atoms with van der Waals surface area (Å²) in [5.41, 5.74) is 0. The van der Waals surface area contributed by atoms with Gasteiger partial charge < -0.3 is 4.90 Å². The average molecular weight is 317 g/mol. The third kappa shape index (κ3) is 4.26. The second-order valence-electron chi connectivity index (χ2n) is 5.48. The zero-order valence-electron chi connectivity index (χ0n) is 12.2. The Kier molecular flexibility index (Phi) is 5.19. The Bertz CT molecular complexity index is 508. The van der Waals surface area contributed by atoms with Crippen molar-refractivity contribution in [2.45, 2.75) is 19.0 Å². The van der Waals surface area contributed by atoms with E-state index in [-0.39, 0.29) is 12.1 Å². The van der Waals surface area contributed by atoms with Crippen LogP contribution in [0.15, 0.2) is 17.5 Å². The maximum Gasteiger partial charge on any atom is 0.209 e. The topological polar surface area (TPSA) is 52.7 Å². The molecule has 2 rings (SSSR count). The Labute approximate surface area is 125 Å². The van der Waals surface area contributed by atoms with Gasteiger partial charge in [0.25, 0.3) is 0 Å². The molecule has 2 heterocycles. The molecule has 1 N–H and O–H groups in total. The quantitative estimate of drug-likeness (QED) is 0.879. The van der Waals surface area contributed by atoms with E-state index in [4.69, 9.17) is 0 Å². The number of nitrogens with one attached hydrogen (secondary N) is 1. The van der Waals surface area contributed by atoms with Crippen LogP contribution in [0.3, 0.4) is 0 Å². The Morgan fingerprint density at radius 1 is 1.30 bits per heavy atom. The van der Waals surface area contributed by atoms with Gasteiger partial charge in [0.2, 0.25) is 10.0 Å². The fourth-order valence-corrected chi connectivity index (χ4v) is 4.47. The molecule has 0 radical (unpaired) electrons. The lowest BCUT2D eigenvalue weighted by molar-refractivity contribution is 0.0995. The summed E-state index contributed by atoms with van der Waals surface area (Å²) < 4.78 is 25.8. The van der Waals surface area contributed by atoms with Crippen LogP contribution in [0.4, 0.5) is 0 Å². The van der Waals surface area contributed by atoms with Gasteiger partial charge in [0.15, 0.2) is 0 Å². The first kappa shape index (κ1) is 15.9. The second-order valence-corrected chi connectivity index (χ2v) is 8.24. The van der Waals surface area contributed by atoms with E-state index in [1.165, 1.54) is 11.1 Å². The molecule has 0 unspecified atom stereocenters. The maximum atomic E-state index is 11.5. The van der Waals surface area contributed by atoms with Gasteiger partial charge in [-0.15, -0.1) is 11.3 Å². The number of rotatable bonds is 5. The lowest BCUT2D eigenvalue weighted by Gasteiger charge is -2.40. The lowest BCUT2D eigenvalue weighted by Crippen LogP contribution is -2.51. The van der Waals surface area contributed by atoms with Gasteiger partial charge in [-0.1, -0.05) is 6.07 Å². The van der Waals surface area contributed by atoms with Gasteiger partial charge in [0, 0.05) is 37.1 Å². The Balaban J connectivity index is 2.17. The van der Waals surface area contributed by atoms with Crippen LogP contribution in [0.25, 0.3) is 0 Å². The smallest absolute Gasteiger partial charge is 0.209 e. The molecule has 0 amide bonds. The molecule has 1 aromatic rings. The van der Waals surface area contributed by atoms with Gasteiger partial charge >= 0.3 is 0 Å². The van der Waals surface area contributed by atoms with E-state index in [1.807, 2.05) is 18.4 Å². The van der Waals surface area contributed by atoms with Crippen LogP contribution in [-0.4, -0.2) is 63.7 Å². The van der Waals surface area contributed by atoms with Crippen LogP contribution in [0.1, 0.15) is 17.8 Å². The molecule has 0 aliphatic carbocycles. The van der Waals surface area contributed by atoms with Gasteiger partial charge in [-0.25, -0.2) is 13.1 Å². The highest BCUT2D eigenvalue weighted by molar-refractivity contribution is 7.88. The summed E-state index contributed by atoms with van der Waals surface area (Å²) in [6, 6.07) is 4.09. The van der Waals surface area contributed by atoms with Crippen molar-refractivity contribution in [3.8, 4) is 0 Å². The molecule has 20 heavy (non-hydrogen) atoms. The molecule has 1 aromatic heterocycles. The SMILES string of the molecule is C[C@@H](NS(C)(=O)=O)[C@@H](c1cccs1)N1CCN(C)CC1. The molecule has 7 heteroatoms. The molecular weight excluding hydrogens is 294 g/mol. The summed E-state index contributed by atoms with van der Waals surface area (Å²) in [5.74, 6) is 0. The summed E-state index contributed by atoms with van der Waals surface area (Å²) in [6.45, 7) is 5.92. The molecule has 1 aliphatic heterocycles. The minimum atomic E-state index is -3.19. The molecular formula is C13H23N3O2S2. The van der Waals surface area contributed by atoms with Gasteiger partial charge in [-0.05, 0) is 25.4 Å². The first-order valence-electron chi connectivity index (χ1n) is 6.80. The second kappa shape index (κ2) is 6.53. The molecule has 114 valence electrons. The molecule has 2 atom stereocenters. The van der Waals surface area contributed by atoms with Crippen LogP contribution in [0, 0.1) is 0 Å². The highest BCUT2D eigenvalue weighted by atomic mass is 32.2. The van der Waals surface area contributed by atoms with Crippen molar-refractivity contribution in [2.75, 3.05) is 39.5 Å². The van der Waals surface area contributed by atoms with E-state index in [0.717, 1.165) is 26.2 Å². The van der Waals surface area contributed by atoms with Crippen molar-refractivity contribution < 1.29 is 8.42 Å². The largest absolute Gasteiger partial charge is 0.304 e. The van der Waals surface area contributed by atoms with E-state index >= 15 is 0 Å². The number of nitrogens with zero attached hydrogens (tertiary/aromatic N) is 2. The van der Waals surface area contributed by atoms with Crippen molar-refractivity contribution >= 4 is 21.4 Å². The number of hydrogen-bond donors (Lipinski definition) is 1. The third-order valence-corrected chi connectivity index (χ3v) is 5.38. The third-order valence-electron chi connectivity index (χ3n) is 3.64. The van der Waals surface area contributed by atoms with Gasteiger partial charge in [-0.2, -0.15) is 0 Å². The highest BCUT2D eigenvalue weighted by Gasteiger charge is 2.30. The van der Waals surface area contributed by atoms with Crippen molar-refractivity contribution in [1.29, 1.82) is 0 Å². The minimum Gasteiger partial charge on any atom is -0.304 e. The van der Waals surface area contributed by atoms with E-state index in [1.54, 1.807) is 11.3 Å². The molecule has 0 saturated carbocycles. The molecule has 1 fully saturated rings. The number of hydrogen-bond acceptors (Lipinski definition) is 5. The van der Waals surface area contributed by atoms with Crippen LogP contribution < -0.4 is 4.72 Å². The molecule has 1 saturated heterocycles. The zero-order valence-corrected chi connectivity index (χ0v) is 13.9. The lowest BCUT2D eigenvalue weighted by atomic mass is 10.1. The Morgan fingerprint density at radius 2 is 1.95 bits per heavy atom. The van der Waals surface area contributed by atoms with Crippen molar-refractivity contribution in [2.24, 2.45) is 0 Å². The maximum absolute atomic E-state index is 11.5. The predicted molar refractivity (Wildman–Crippen MR) is 83.6 cm³/mol. The van der Waals surface area contributed by atoms with E-state index in [9.17, 15) is 8.42 Å². The van der Waals surface area contributed by atoms with E-state index in [0.29, 0.717) is 0 Å². The first-order valence-corrected chi connectivity index (χ1v) is 9.57. The van der Waals surface area contributed by atoms with Crippen molar-refractivity contribution in [1.82, 2.24) is 14.5 Å². The summed E-state index contributed by atoms with van der Waals surface area (Å²) in [6.07, 6.45) is 1.22. The first-order chi connectivity index (χ1) is 9.37. The zero-order chi connectivity index (χ0) is 14.8. The van der Waals surface area contributed by atoms with Crippen molar-refractivity contribution in [3.05, 3.63) is 22.4 Å². The molecule has 0 spiro atoms. The standard InChI is InChI=1S/C13H23N3O2S2/c1-11(14-20(3,17)18)13(12-5-4-10-19-12)16-8-6-15(2)7-9-16/h4-5,10-11,13-14H,6-9H2,1-3H3/t11-,13+/m1/s1. The number of sulfonamides is 1. The van der Waals surface area contributed by atoms with Gasteiger partial charge in [0.05, 0.1) is 12.3 Å². The van der Waals surface area contributed by atoms with Crippen molar-refractivity contribution in [3.63, 3.8) is 0 Å². The fourth-order valence-electron chi connectivity index (χ4n) is 2.70. The van der Waals surface area contributed by atoms with Crippen LogP contribution >= 0.6 is 11.3 Å². The number of piperazine rings is 1. The monoisotopic (exact) mass is 317 g/mol. The Hall–Kier alpha value is -0.470. The summed E-state index contributed by atoms with van der Waals surface area (Å²) in [4.78, 5) is 5.91. The fraction of sp³-hybridized carbons (Fsp3) is 0.692. The van der Waals surface area contributed by atoms with Crippen LogP contribution in [0.5, 0.6) is 0 Å². The molecule has 5 nitrogen and oxygen atoms in total. The average Bonchev–Trinajstić information content (AvgIpc) is 2.83. The molecule has 0 aromatic carbocycles. The number of thiophene rings is 1. The predicted octanol–water partition coefficient (Wildman–Crippen LogP) is 0.974. The van der Waals surface area contributed by atoms with E-state index < -0.39 is 10.0 Å². The normalized spacial score (nSPS) is 21.8. The van der Waals surface area contributed by atoms with Gasteiger partial charge in [0.1, 0.15) is 0 Å². The molecule has 1 aliphatic rings. The summed E-state index contributed by atoms with van der Waals surface area (Å²) >= 11 is 1.69. The van der Waals surface area contributed by atoms with E-state index in [2.05, 4.69) is 27.6 Å². The summed E-state index contributed by atoms with van der Waals surface area (Å²) in [7, 11) is -1.07. The molecule has 0 bridgehead atoms. The van der Waals surface area contributed by atoms with Crippen LogP contribution in [0.2, 0.25) is 0 Å². The Morgan fingerprint density at radius 3 is 2.45 bits per heavy atom. The van der Waals surface area contributed by atoms with Crippen LogP contribution in [-0.2, 0) is 10.0 Å². The summed E-state index contributed by atoms with van der Waals surface area (Å²) in [5, 5.41) is 2.05. The van der Waals surface area contributed by atoms with Gasteiger partial charge in [-0.3, -0.25) is 4.90 Å². The highest BCUT2D eigenvalue weighted by Crippen LogP contribution is 2.29.